The van der Waals surface area contributed by atoms with E-state index in [1.165, 1.54) is 0 Å². The lowest BCUT2D eigenvalue weighted by Crippen LogP contribution is -2.50. The monoisotopic (exact) mass is 423 g/mol. The minimum Gasteiger partial charge on any atom is -0.342 e. The molecule has 0 spiro atoms. The number of halogens is 2. The molecule has 4 rings (SSSR count). The predicted octanol–water partition coefficient (Wildman–Crippen LogP) is 3.25. The van der Waals surface area contributed by atoms with Crippen molar-refractivity contribution < 1.29 is 14.4 Å². The summed E-state index contributed by atoms with van der Waals surface area (Å²) in [7, 11) is 0. The van der Waals surface area contributed by atoms with E-state index in [1.807, 2.05) is 17.0 Å². The Morgan fingerprint density at radius 1 is 1.25 bits per heavy atom. The van der Waals surface area contributed by atoms with E-state index in [4.69, 9.17) is 23.2 Å². The third kappa shape index (κ3) is 3.48. The van der Waals surface area contributed by atoms with E-state index in [9.17, 15) is 14.4 Å². The van der Waals surface area contributed by atoms with Crippen molar-refractivity contribution in [2.45, 2.75) is 50.5 Å². The molecule has 1 saturated carbocycles. The maximum absolute atomic E-state index is 12.9. The number of hydrogen-bond acceptors (Lipinski definition) is 3. The molecule has 1 aromatic carbocycles. The van der Waals surface area contributed by atoms with Crippen molar-refractivity contribution in [1.82, 2.24) is 15.5 Å². The van der Waals surface area contributed by atoms with E-state index in [-0.39, 0.29) is 30.1 Å². The zero-order chi connectivity index (χ0) is 20.1. The van der Waals surface area contributed by atoms with Crippen LogP contribution in [0.25, 0.3) is 0 Å². The van der Waals surface area contributed by atoms with Crippen molar-refractivity contribution >= 4 is 41.0 Å². The highest BCUT2D eigenvalue weighted by Crippen LogP contribution is 2.44. The van der Waals surface area contributed by atoms with E-state index in [0.717, 1.165) is 24.0 Å². The van der Waals surface area contributed by atoms with Gasteiger partial charge in [0.1, 0.15) is 5.54 Å². The number of hydrogen-bond donors (Lipinski definition) is 2. The molecular formula is C20H23Cl2N3O3. The van der Waals surface area contributed by atoms with Crippen LogP contribution in [-0.4, -0.2) is 41.4 Å². The Kier molecular flexibility index (Phi) is 5.04. The smallest absolute Gasteiger partial charge is 0.322 e. The molecule has 2 atom stereocenters. The number of nitrogens with one attached hydrogen (secondary N) is 2. The molecule has 150 valence electrons. The largest absolute Gasteiger partial charge is 0.342 e. The van der Waals surface area contributed by atoms with E-state index >= 15 is 0 Å². The number of nitrogens with zero attached hydrogens (tertiary/aromatic N) is 1. The van der Waals surface area contributed by atoms with Crippen LogP contribution < -0.4 is 10.6 Å². The van der Waals surface area contributed by atoms with Gasteiger partial charge in [-0.15, -0.1) is 0 Å². The second kappa shape index (κ2) is 7.23. The van der Waals surface area contributed by atoms with Gasteiger partial charge in [0.2, 0.25) is 5.91 Å². The molecule has 8 heteroatoms. The molecule has 2 aliphatic heterocycles. The Morgan fingerprint density at radius 2 is 1.96 bits per heavy atom. The zero-order valence-electron chi connectivity index (χ0n) is 15.7. The van der Waals surface area contributed by atoms with Crippen LogP contribution in [0.5, 0.6) is 0 Å². The van der Waals surface area contributed by atoms with Gasteiger partial charge in [0.25, 0.3) is 5.91 Å². The Morgan fingerprint density at radius 3 is 2.61 bits per heavy atom. The van der Waals surface area contributed by atoms with Crippen LogP contribution in [0.4, 0.5) is 4.79 Å². The Labute approximate surface area is 173 Å². The summed E-state index contributed by atoms with van der Waals surface area (Å²) in [6, 6.07) is 3.33. The number of benzene rings is 1. The second-order valence-corrected chi connectivity index (χ2v) is 8.92. The van der Waals surface area contributed by atoms with Crippen LogP contribution in [0, 0.1) is 5.92 Å². The molecular weight excluding hydrogens is 401 g/mol. The standard InChI is InChI=1S/C20H23Cl2N3O3/c1-11-10-25(7-5-12-8-15(21)16(22)9-14(11)12)17(26)4-6-20(13-2-3-13)18(27)23-19(28)24-20/h8-9,11,13H,2-7,10H2,1H3,(H2,23,24,27,28). The van der Waals surface area contributed by atoms with E-state index < -0.39 is 11.6 Å². The summed E-state index contributed by atoms with van der Waals surface area (Å²) in [5.74, 6) is -0.0222. The van der Waals surface area contributed by atoms with Gasteiger partial charge in [-0.3, -0.25) is 14.9 Å². The SMILES string of the molecule is CC1CN(C(=O)CCC2(C3CC3)NC(=O)NC2=O)CCc2cc(Cl)c(Cl)cc21. The molecule has 28 heavy (non-hydrogen) atoms. The topological polar surface area (TPSA) is 78.5 Å². The van der Waals surface area contributed by atoms with Gasteiger partial charge in [-0.25, -0.2) is 4.79 Å². The third-order valence-electron chi connectivity index (χ3n) is 6.19. The number of urea groups is 1. The van der Waals surface area contributed by atoms with Crippen molar-refractivity contribution in [2.24, 2.45) is 5.92 Å². The van der Waals surface area contributed by atoms with Crippen LogP contribution in [0.2, 0.25) is 10.0 Å². The lowest BCUT2D eigenvalue weighted by Gasteiger charge is -2.28. The van der Waals surface area contributed by atoms with Gasteiger partial charge in [-0.1, -0.05) is 30.1 Å². The first-order chi connectivity index (χ1) is 13.3. The first-order valence-electron chi connectivity index (χ1n) is 9.69. The summed E-state index contributed by atoms with van der Waals surface area (Å²) in [4.78, 5) is 38.8. The van der Waals surface area contributed by atoms with Crippen LogP contribution in [0.1, 0.15) is 49.7 Å². The maximum Gasteiger partial charge on any atom is 0.322 e. The van der Waals surface area contributed by atoms with Crippen molar-refractivity contribution in [3.63, 3.8) is 0 Å². The summed E-state index contributed by atoms with van der Waals surface area (Å²) >= 11 is 12.3. The van der Waals surface area contributed by atoms with Crippen LogP contribution in [-0.2, 0) is 16.0 Å². The lowest BCUT2D eigenvalue weighted by molar-refractivity contribution is -0.132. The molecule has 1 saturated heterocycles. The molecule has 1 aliphatic carbocycles. The van der Waals surface area contributed by atoms with Gasteiger partial charge < -0.3 is 10.2 Å². The minimum atomic E-state index is -0.922. The molecule has 0 aromatic heterocycles. The van der Waals surface area contributed by atoms with E-state index in [2.05, 4.69) is 17.6 Å². The summed E-state index contributed by atoms with van der Waals surface area (Å²) in [6.07, 6.45) is 3.09. The molecule has 6 nitrogen and oxygen atoms in total. The van der Waals surface area contributed by atoms with E-state index in [0.29, 0.717) is 36.0 Å². The lowest BCUT2D eigenvalue weighted by atomic mass is 9.87. The van der Waals surface area contributed by atoms with Crippen LogP contribution in [0.15, 0.2) is 12.1 Å². The van der Waals surface area contributed by atoms with Crippen LogP contribution >= 0.6 is 23.2 Å². The predicted molar refractivity (Wildman–Crippen MR) is 107 cm³/mol. The fourth-order valence-corrected chi connectivity index (χ4v) is 4.85. The van der Waals surface area contributed by atoms with Crippen molar-refractivity contribution in [1.29, 1.82) is 0 Å². The summed E-state index contributed by atoms with van der Waals surface area (Å²) in [6.45, 7) is 3.27. The van der Waals surface area contributed by atoms with Gasteiger partial charge in [-0.05, 0) is 60.8 Å². The summed E-state index contributed by atoms with van der Waals surface area (Å²) in [5, 5.41) is 6.18. The van der Waals surface area contributed by atoms with Crippen molar-refractivity contribution in [3.05, 3.63) is 33.3 Å². The van der Waals surface area contributed by atoms with Gasteiger partial charge in [-0.2, -0.15) is 0 Å². The zero-order valence-corrected chi connectivity index (χ0v) is 17.2. The average molecular weight is 424 g/mol. The molecule has 2 N–H and O–H groups in total. The highest BCUT2D eigenvalue weighted by molar-refractivity contribution is 6.42. The third-order valence-corrected chi connectivity index (χ3v) is 6.91. The summed E-state index contributed by atoms with van der Waals surface area (Å²) < 4.78 is 0. The fraction of sp³-hybridized carbons (Fsp3) is 0.550. The average Bonchev–Trinajstić information content (AvgIpc) is 3.45. The second-order valence-electron chi connectivity index (χ2n) is 8.11. The number of amides is 4. The number of carbonyl (C=O) groups excluding carboxylic acids is 3. The first-order valence-corrected chi connectivity index (χ1v) is 10.4. The van der Waals surface area contributed by atoms with Crippen molar-refractivity contribution in [2.75, 3.05) is 13.1 Å². The Balaban J connectivity index is 1.44. The number of carbonyl (C=O) groups is 3. The number of fused-ring (bicyclic) bond motifs is 1. The Bertz CT molecular complexity index is 855. The molecule has 1 aromatic rings. The number of imide groups is 1. The van der Waals surface area contributed by atoms with Crippen LogP contribution in [0.3, 0.4) is 0 Å². The summed E-state index contributed by atoms with van der Waals surface area (Å²) in [5.41, 5.74) is 1.32. The molecule has 2 heterocycles. The van der Waals surface area contributed by atoms with Gasteiger partial charge >= 0.3 is 6.03 Å². The van der Waals surface area contributed by atoms with Gasteiger partial charge in [0.05, 0.1) is 10.0 Å². The number of rotatable bonds is 4. The van der Waals surface area contributed by atoms with E-state index in [1.54, 1.807) is 0 Å². The molecule has 0 radical (unpaired) electrons. The van der Waals surface area contributed by atoms with Gasteiger partial charge in [0.15, 0.2) is 0 Å². The van der Waals surface area contributed by atoms with Crippen molar-refractivity contribution in [3.8, 4) is 0 Å². The van der Waals surface area contributed by atoms with Gasteiger partial charge in [0, 0.05) is 19.5 Å². The quantitative estimate of drug-likeness (QED) is 0.729. The molecule has 2 unspecified atom stereocenters. The first kappa shape index (κ1) is 19.5. The normalized spacial score (nSPS) is 27.1. The minimum absolute atomic E-state index is 0.00539. The highest BCUT2D eigenvalue weighted by Gasteiger charge is 2.55. The maximum atomic E-state index is 12.9. The molecule has 3 aliphatic rings. The molecule has 2 fully saturated rings. The Hall–Kier alpha value is -1.79. The highest BCUT2D eigenvalue weighted by atomic mass is 35.5. The fourth-order valence-electron chi connectivity index (χ4n) is 4.49. The molecule has 4 amide bonds. The molecule has 0 bridgehead atoms.